The maximum Gasteiger partial charge on any atom is 0.163 e. The van der Waals surface area contributed by atoms with Gasteiger partial charge in [0, 0.05) is 6.54 Å². The molecule has 3 heterocycles. The van der Waals surface area contributed by atoms with Gasteiger partial charge in [-0.2, -0.15) is 5.10 Å². The van der Waals surface area contributed by atoms with E-state index in [1.165, 1.54) is 12.8 Å². The van der Waals surface area contributed by atoms with Crippen molar-refractivity contribution in [3.8, 4) is 0 Å². The van der Waals surface area contributed by atoms with Crippen LogP contribution < -0.4 is 4.90 Å². The summed E-state index contributed by atoms with van der Waals surface area (Å²) < 4.78 is 7.69. The van der Waals surface area contributed by atoms with Gasteiger partial charge in [-0.3, -0.25) is 0 Å². The van der Waals surface area contributed by atoms with Gasteiger partial charge in [-0.25, -0.2) is 14.6 Å². The van der Waals surface area contributed by atoms with E-state index in [-0.39, 0.29) is 5.54 Å². The number of fused-ring (bicyclic) bond motifs is 1. The quantitative estimate of drug-likeness (QED) is 0.851. The Kier molecular flexibility index (Phi) is 3.11. The van der Waals surface area contributed by atoms with Crippen molar-refractivity contribution in [2.24, 2.45) is 5.92 Å². The number of rotatable bonds is 2. The third kappa shape index (κ3) is 2.26. The Morgan fingerprint density at radius 2 is 2.05 bits per heavy atom. The lowest BCUT2D eigenvalue weighted by molar-refractivity contribution is 0.0876. The van der Waals surface area contributed by atoms with Crippen LogP contribution in [0, 0.1) is 5.92 Å². The van der Waals surface area contributed by atoms with Gasteiger partial charge in [-0.1, -0.05) is 0 Å². The molecule has 1 aliphatic heterocycles. The highest BCUT2D eigenvalue weighted by atomic mass is 16.5. The first kappa shape index (κ1) is 13.9. The van der Waals surface area contributed by atoms with E-state index in [9.17, 15) is 0 Å². The van der Waals surface area contributed by atoms with Crippen LogP contribution in [0.4, 0.5) is 5.82 Å². The number of nitrogens with zero attached hydrogens (tertiary/aromatic N) is 5. The topological polar surface area (TPSA) is 56.1 Å². The molecule has 1 saturated heterocycles. The van der Waals surface area contributed by atoms with Gasteiger partial charge in [0.2, 0.25) is 0 Å². The van der Waals surface area contributed by atoms with Gasteiger partial charge in [0.25, 0.3) is 0 Å². The molecule has 2 aromatic heterocycles. The lowest BCUT2D eigenvalue weighted by atomic mass is 10.1. The molecule has 4 rings (SSSR count). The predicted molar refractivity (Wildman–Crippen MR) is 85.0 cm³/mol. The minimum Gasteiger partial charge on any atom is -0.377 e. The number of aromatic nitrogens is 4. The fourth-order valence-corrected chi connectivity index (χ4v) is 3.31. The molecule has 22 heavy (non-hydrogen) atoms. The normalized spacial score (nSPS) is 23.2. The van der Waals surface area contributed by atoms with Crippen molar-refractivity contribution < 1.29 is 4.74 Å². The van der Waals surface area contributed by atoms with Crippen molar-refractivity contribution in [1.29, 1.82) is 0 Å². The van der Waals surface area contributed by atoms with Gasteiger partial charge in [0.05, 0.1) is 36.4 Å². The summed E-state index contributed by atoms with van der Waals surface area (Å²) in [6.45, 7) is 8.90. The molecule has 1 atom stereocenters. The Morgan fingerprint density at radius 3 is 2.77 bits per heavy atom. The number of anilines is 1. The highest BCUT2D eigenvalue weighted by Gasteiger charge is 2.38. The molecule has 2 aliphatic rings. The van der Waals surface area contributed by atoms with Gasteiger partial charge in [-0.15, -0.1) is 0 Å². The predicted octanol–water partition coefficient (Wildman–Crippen LogP) is 2.20. The smallest absolute Gasteiger partial charge is 0.163 e. The molecule has 1 saturated carbocycles. The van der Waals surface area contributed by atoms with Crippen LogP contribution in [-0.2, 0) is 10.3 Å². The summed E-state index contributed by atoms with van der Waals surface area (Å²) in [6.07, 6.45) is 6.19. The van der Waals surface area contributed by atoms with E-state index in [4.69, 9.17) is 4.74 Å². The molecule has 0 bridgehead atoms. The molecule has 6 nitrogen and oxygen atoms in total. The Balaban J connectivity index is 1.79. The highest BCUT2D eigenvalue weighted by molar-refractivity contribution is 5.87. The Bertz CT molecular complexity index is 685. The summed E-state index contributed by atoms with van der Waals surface area (Å²) in [7, 11) is 0. The fraction of sp³-hybridized carbons (Fsp3) is 0.688. The SMILES string of the molecule is CC(C)(C)n1ncc2c(N3CCOC[C@@H]3C3CC3)ncnc21. The van der Waals surface area contributed by atoms with Gasteiger partial charge in [0.15, 0.2) is 5.65 Å². The first-order valence-electron chi connectivity index (χ1n) is 8.09. The molecule has 6 heteroatoms. The number of hydrogen-bond acceptors (Lipinski definition) is 5. The zero-order chi connectivity index (χ0) is 15.3. The van der Waals surface area contributed by atoms with E-state index >= 15 is 0 Å². The van der Waals surface area contributed by atoms with E-state index < -0.39 is 0 Å². The summed E-state index contributed by atoms with van der Waals surface area (Å²) in [5.74, 6) is 1.77. The summed E-state index contributed by atoms with van der Waals surface area (Å²) in [4.78, 5) is 11.5. The molecule has 2 fully saturated rings. The van der Waals surface area contributed by atoms with Crippen LogP contribution in [-0.4, -0.2) is 45.5 Å². The maximum atomic E-state index is 5.70. The van der Waals surface area contributed by atoms with Crippen LogP contribution in [0.25, 0.3) is 11.0 Å². The van der Waals surface area contributed by atoms with Crippen LogP contribution in [0.2, 0.25) is 0 Å². The average molecular weight is 301 g/mol. The van der Waals surface area contributed by atoms with Gasteiger partial charge in [-0.05, 0) is 39.5 Å². The summed E-state index contributed by atoms with van der Waals surface area (Å²) >= 11 is 0. The van der Waals surface area contributed by atoms with Crippen molar-refractivity contribution in [3.05, 3.63) is 12.5 Å². The second kappa shape index (κ2) is 4.91. The molecule has 0 aromatic carbocycles. The van der Waals surface area contributed by atoms with Crippen LogP contribution in [0.1, 0.15) is 33.6 Å². The molecular weight excluding hydrogens is 278 g/mol. The van der Waals surface area contributed by atoms with Crippen molar-refractivity contribution in [2.75, 3.05) is 24.7 Å². The third-order valence-corrected chi connectivity index (χ3v) is 4.58. The molecule has 0 unspecified atom stereocenters. The van der Waals surface area contributed by atoms with Crippen molar-refractivity contribution in [3.63, 3.8) is 0 Å². The molecule has 0 spiro atoms. The molecule has 1 aliphatic carbocycles. The van der Waals surface area contributed by atoms with E-state index in [1.807, 2.05) is 10.9 Å². The minimum atomic E-state index is -0.0890. The standard InChI is InChI=1S/C16H23N5O/c1-16(2,3)21-15-12(8-19-21)14(17-10-18-15)20-6-7-22-9-13(20)11-4-5-11/h8,10-11,13H,4-7,9H2,1-3H3/t13-/m1/s1. The van der Waals surface area contributed by atoms with E-state index in [2.05, 4.69) is 40.7 Å². The molecule has 0 N–H and O–H groups in total. The van der Waals surface area contributed by atoms with Gasteiger partial charge < -0.3 is 9.64 Å². The van der Waals surface area contributed by atoms with Crippen LogP contribution >= 0.6 is 0 Å². The minimum absolute atomic E-state index is 0.0890. The van der Waals surface area contributed by atoms with E-state index in [1.54, 1.807) is 6.33 Å². The Labute approximate surface area is 130 Å². The summed E-state index contributed by atoms with van der Waals surface area (Å²) in [5.41, 5.74) is 0.826. The van der Waals surface area contributed by atoms with Gasteiger partial charge >= 0.3 is 0 Å². The Hall–Kier alpha value is -1.69. The second-order valence-electron chi connectivity index (χ2n) is 7.33. The molecule has 2 aromatic rings. The van der Waals surface area contributed by atoms with Gasteiger partial charge in [0.1, 0.15) is 12.1 Å². The van der Waals surface area contributed by atoms with E-state index in [0.717, 1.165) is 42.5 Å². The monoisotopic (exact) mass is 301 g/mol. The lowest BCUT2D eigenvalue weighted by Gasteiger charge is -2.37. The number of ether oxygens (including phenoxy) is 1. The molecule has 118 valence electrons. The number of hydrogen-bond donors (Lipinski definition) is 0. The zero-order valence-electron chi connectivity index (χ0n) is 13.5. The zero-order valence-corrected chi connectivity index (χ0v) is 13.5. The highest BCUT2D eigenvalue weighted by Crippen LogP contribution is 2.39. The molecular formula is C16H23N5O. The maximum absolute atomic E-state index is 5.70. The van der Waals surface area contributed by atoms with Crippen LogP contribution in [0.5, 0.6) is 0 Å². The first-order valence-corrected chi connectivity index (χ1v) is 8.09. The molecule has 0 amide bonds. The third-order valence-electron chi connectivity index (χ3n) is 4.58. The van der Waals surface area contributed by atoms with Crippen LogP contribution in [0.3, 0.4) is 0 Å². The first-order chi connectivity index (χ1) is 10.6. The Morgan fingerprint density at radius 1 is 1.23 bits per heavy atom. The average Bonchev–Trinajstić information content (AvgIpc) is 3.23. The van der Waals surface area contributed by atoms with Crippen molar-refractivity contribution in [2.45, 2.75) is 45.2 Å². The van der Waals surface area contributed by atoms with Crippen LogP contribution in [0.15, 0.2) is 12.5 Å². The molecule has 0 radical (unpaired) electrons. The lowest BCUT2D eigenvalue weighted by Crippen LogP contribution is -2.47. The van der Waals surface area contributed by atoms with E-state index in [0.29, 0.717) is 6.04 Å². The summed E-state index contributed by atoms with van der Waals surface area (Å²) in [6, 6.07) is 0.449. The summed E-state index contributed by atoms with van der Waals surface area (Å²) in [5, 5.41) is 5.61. The van der Waals surface area contributed by atoms with Crippen molar-refractivity contribution >= 4 is 16.9 Å². The second-order valence-corrected chi connectivity index (χ2v) is 7.33. The fourth-order valence-electron chi connectivity index (χ4n) is 3.31. The number of morpholine rings is 1. The van der Waals surface area contributed by atoms with Crippen molar-refractivity contribution in [1.82, 2.24) is 19.7 Å². The largest absolute Gasteiger partial charge is 0.377 e.